The zero-order valence-electron chi connectivity index (χ0n) is 7.28. The van der Waals surface area contributed by atoms with Gasteiger partial charge in [0, 0.05) is 13.5 Å². The Labute approximate surface area is 67.3 Å². The summed E-state index contributed by atoms with van der Waals surface area (Å²) in [5.41, 5.74) is 0. The van der Waals surface area contributed by atoms with Gasteiger partial charge in [0.2, 0.25) is 0 Å². The van der Waals surface area contributed by atoms with Crippen LogP contribution in [-0.2, 0) is 9.47 Å². The molecule has 1 aliphatic heterocycles. The number of hydrogen-bond acceptors (Lipinski definition) is 3. The number of aliphatic hydroxyl groups excluding tert-OH is 1. The first kappa shape index (κ1) is 8.97. The average molecular weight is 160 g/mol. The maximum absolute atomic E-state index is 9.51. The second-order valence-electron chi connectivity index (χ2n) is 3.15. The van der Waals surface area contributed by atoms with Crippen LogP contribution in [0.5, 0.6) is 0 Å². The number of aliphatic hydroxyl groups is 1. The lowest BCUT2D eigenvalue weighted by atomic mass is 9.99. The third-order valence-corrected chi connectivity index (χ3v) is 2.18. The molecule has 0 saturated carbocycles. The van der Waals surface area contributed by atoms with Gasteiger partial charge in [-0.2, -0.15) is 0 Å². The van der Waals surface area contributed by atoms with Crippen molar-refractivity contribution in [1.82, 2.24) is 0 Å². The molecule has 0 amide bonds. The quantitative estimate of drug-likeness (QED) is 0.609. The Morgan fingerprint density at radius 2 is 2.09 bits per heavy atom. The van der Waals surface area contributed by atoms with Crippen molar-refractivity contribution in [2.75, 3.05) is 7.11 Å². The highest BCUT2D eigenvalue weighted by Crippen LogP contribution is 2.21. The molecule has 0 aromatic rings. The lowest BCUT2D eigenvalue weighted by Gasteiger charge is -2.35. The summed E-state index contributed by atoms with van der Waals surface area (Å²) >= 11 is 0. The fourth-order valence-electron chi connectivity index (χ4n) is 1.51. The van der Waals surface area contributed by atoms with Crippen LogP contribution in [0, 0.1) is 0 Å². The molecule has 1 rings (SSSR count). The first-order valence-corrected chi connectivity index (χ1v) is 4.01. The van der Waals surface area contributed by atoms with Crippen molar-refractivity contribution < 1.29 is 14.6 Å². The van der Waals surface area contributed by atoms with Gasteiger partial charge in [0.15, 0.2) is 0 Å². The van der Waals surface area contributed by atoms with Gasteiger partial charge in [0.05, 0.1) is 18.3 Å². The molecule has 1 aliphatic rings. The molecule has 1 N–H and O–H groups in total. The molecule has 0 aliphatic carbocycles. The molecule has 3 heteroatoms. The fraction of sp³-hybridized carbons (Fsp3) is 1.00. The van der Waals surface area contributed by atoms with Crippen LogP contribution < -0.4 is 0 Å². The second kappa shape index (κ2) is 3.52. The van der Waals surface area contributed by atoms with E-state index in [2.05, 4.69) is 0 Å². The van der Waals surface area contributed by atoms with Crippen LogP contribution in [0.2, 0.25) is 0 Å². The standard InChI is InChI=1S/C8H16O3/c1-5-4-7(10-3)8(9)6(2)11-5/h5-9H,4H2,1-3H3/t5-,6-,7+,8-/m0/s1. The molecule has 0 bridgehead atoms. The maximum atomic E-state index is 9.51. The largest absolute Gasteiger partial charge is 0.388 e. The molecule has 11 heavy (non-hydrogen) atoms. The zero-order valence-corrected chi connectivity index (χ0v) is 7.28. The van der Waals surface area contributed by atoms with Crippen LogP contribution >= 0.6 is 0 Å². The van der Waals surface area contributed by atoms with Crippen LogP contribution in [0.15, 0.2) is 0 Å². The Kier molecular flexibility index (Phi) is 2.87. The summed E-state index contributed by atoms with van der Waals surface area (Å²) in [5, 5.41) is 9.51. The Bertz CT molecular complexity index is 127. The third-order valence-electron chi connectivity index (χ3n) is 2.18. The smallest absolute Gasteiger partial charge is 0.106 e. The summed E-state index contributed by atoms with van der Waals surface area (Å²) in [7, 11) is 1.62. The normalized spacial score (nSPS) is 45.8. The van der Waals surface area contributed by atoms with Gasteiger partial charge in [0.25, 0.3) is 0 Å². The van der Waals surface area contributed by atoms with Gasteiger partial charge < -0.3 is 14.6 Å². The molecule has 66 valence electrons. The predicted octanol–water partition coefficient (Wildman–Crippen LogP) is 0.560. The van der Waals surface area contributed by atoms with Gasteiger partial charge >= 0.3 is 0 Å². The van der Waals surface area contributed by atoms with E-state index in [9.17, 15) is 5.11 Å². The van der Waals surface area contributed by atoms with Crippen LogP contribution in [-0.4, -0.2) is 36.6 Å². The van der Waals surface area contributed by atoms with Gasteiger partial charge in [-0.15, -0.1) is 0 Å². The Balaban J connectivity index is 2.51. The summed E-state index contributed by atoms with van der Waals surface area (Å²) in [6.07, 6.45) is 0.328. The van der Waals surface area contributed by atoms with Crippen molar-refractivity contribution >= 4 is 0 Å². The first-order chi connectivity index (χ1) is 5.15. The van der Waals surface area contributed by atoms with E-state index in [4.69, 9.17) is 9.47 Å². The third kappa shape index (κ3) is 1.92. The molecule has 0 spiro atoms. The second-order valence-corrected chi connectivity index (χ2v) is 3.15. The van der Waals surface area contributed by atoms with Crippen LogP contribution in [0.25, 0.3) is 0 Å². The van der Waals surface area contributed by atoms with Crippen molar-refractivity contribution in [3.05, 3.63) is 0 Å². The Morgan fingerprint density at radius 1 is 1.45 bits per heavy atom. The fourth-order valence-corrected chi connectivity index (χ4v) is 1.51. The highest BCUT2D eigenvalue weighted by atomic mass is 16.5. The minimum atomic E-state index is -0.476. The van der Waals surface area contributed by atoms with E-state index in [-0.39, 0.29) is 18.3 Å². The van der Waals surface area contributed by atoms with Gasteiger partial charge in [0.1, 0.15) is 6.10 Å². The summed E-state index contributed by atoms with van der Waals surface area (Å²) in [4.78, 5) is 0. The summed E-state index contributed by atoms with van der Waals surface area (Å²) < 4.78 is 10.5. The van der Waals surface area contributed by atoms with Crippen molar-refractivity contribution in [2.24, 2.45) is 0 Å². The lowest BCUT2D eigenvalue weighted by Crippen LogP contribution is -2.46. The molecule has 1 heterocycles. The van der Waals surface area contributed by atoms with E-state index in [1.165, 1.54) is 0 Å². The Morgan fingerprint density at radius 3 is 2.64 bits per heavy atom. The summed E-state index contributed by atoms with van der Waals surface area (Å²) in [6.45, 7) is 3.86. The number of ether oxygens (including phenoxy) is 2. The molecule has 0 unspecified atom stereocenters. The molecule has 0 aromatic heterocycles. The van der Waals surface area contributed by atoms with Crippen molar-refractivity contribution in [3.63, 3.8) is 0 Å². The molecule has 1 saturated heterocycles. The van der Waals surface area contributed by atoms with Crippen LogP contribution in [0.4, 0.5) is 0 Å². The molecule has 0 aromatic carbocycles. The SMILES string of the molecule is CO[C@@H]1C[C@H](C)O[C@@H](C)[C@@H]1O. The van der Waals surface area contributed by atoms with Gasteiger partial charge in [-0.25, -0.2) is 0 Å². The van der Waals surface area contributed by atoms with E-state index in [1.807, 2.05) is 13.8 Å². The molecular formula is C8H16O3. The van der Waals surface area contributed by atoms with Gasteiger partial charge in [-0.1, -0.05) is 0 Å². The maximum Gasteiger partial charge on any atom is 0.106 e. The number of hydrogen-bond donors (Lipinski definition) is 1. The number of rotatable bonds is 1. The highest BCUT2D eigenvalue weighted by Gasteiger charge is 2.33. The van der Waals surface area contributed by atoms with Gasteiger partial charge in [-0.3, -0.25) is 0 Å². The zero-order chi connectivity index (χ0) is 8.43. The van der Waals surface area contributed by atoms with E-state index in [0.717, 1.165) is 6.42 Å². The first-order valence-electron chi connectivity index (χ1n) is 4.01. The van der Waals surface area contributed by atoms with Crippen molar-refractivity contribution in [3.8, 4) is 0 Å². The minimum absolute atomic E-state index is 0.0613. The van der Waals surface area contributed by atoms with Crippen LogP contribution in [0.1, 0.15) is 20.3 Å². The van der Waals surface area contributed by atoms with E-state index < -0.39 is 6.10 Å². The highest BCUT2D eigenvalue weighted by molar-refractivity contribution is 4.82. The summed E-state index contributed by atoms with van der Waals surface area (Å²) in [5.74, 6) is 0. The summed E-state index contributed by atoms with van der Waals surface area (Å²) in [6, 6.07) is 0. The monoisotopic (exact) mass is 160 g/mol. The Hall–Kier alpha value is -0.120. The molecular weight excluding hydrogens is 144 g/mol. The van der Waals surface area contributed by atoms with Crippen LogP contribution in [0.3, 0.4) is 0 Å². The lowest BCUT2D eigenvalue weighted by molar-refractivity contribution is -0.165. The van der Waals surface area contributed by atoms with E-state index in [0.29, 0.717) is 0 Å². The molecule has 4 atom stereocenters. The van der Waals surface area contributed by atoms with Crippen molar-refractivity contribution in [1.29, 1.82) is 0 Å². The van der Waals surface area contributed by atoms with E-state index >= 15 is 0 Å². The van der Waals surface area contributed by atoms with E-state index in [1.54, 1.807) is 7.11 Å². The average Bonchev–Trinajstić information content (AvgIpc) is 1.96. The molecule has 1 fully saturated rings. The topological polar surface area (TPSA) is 38.7 Å². The van der Waals surface area contributed by atoms with Crippen molar-refractivity contribution in [2.45, 2.75) is 44.7 Å². The predicted molar refractivity (Wildman–Crippen MR) is 41.4 cm³/mol. The minimum Gasteiger partial charge on any atom is -0.388 e. The molecule has 3 nitrogen and oxygen atoms in total. The van der Waals surface area contributed by atoms with Gasteiger partial charge in [-0.05, 0) is 13.8 Å². The molecule has 0 radical (unpaired) electrons. The number of methoxy groups -OCH3 is 1.